The first-order valence-electron chi connectivity index (χ1n) is 6.39. The number of rotatable bonds is 1. The summed E-state index contributed by atoms with van der Waals surface area (Å²) in [6.07, 6.45) is -4.01. The fraction of sp³-hybridized carbons (Fsp3) is 0.286. The molecule has 0 aliphatic carbocycles. The van der Waals surface area contributed by atoms with Gasteiger partial charge < -0.3 is 5.32 Å². The second-order valence-corrected chi connectivity index (χ2v) is 5.67. The minimum Gasteiger partial charge on any atom is -0.312 e. The summed E-state index contributed by atoms with van der Waals surface area (Å²) in [6.45, 7) is 0.780. The summed E-state index contributed by atoms with van der Waals surface area (Å²) in [4.78, 5) is 8.10. The summed E-state index contributed by atoms with van der Waals surface area (Å²) >= 11 is 3.30. The number of aromatic nitrogens is 2. The van der Waals surface area contributed by atoms with E-state index in [1.165, 1.54) is 0 Å². The number of nitrogens with zero attached hydrogens (tertiary/aromatic N) is 2. The summed E-state index contributed by atoms with van der Waals surface area (Å²) in [5, 5.41) is 2.93. The first-order valence-corrected chi connectivity index (χ1v) is 7.18. The molecule has 0 atom stereocenters. The van der Waals surface area contributed by atoms with Crippen molar-refractivity contribution in [2.45, 2.75) is 19.1 Å². The lowest BCUT2D eigenvalue weighted by molar-refractivity contribution is -0.142. The van der Waals surface area contributed by atoms with Crippen LogP contribution in [0.15, 0.2) is 28.7 Å². The molecule has 0 spiro atoms. The molecule has 0 radical (unpaired) electrons. The van der Waals surface area contributed by atoms with E-state index in [4.69, 9.17) is 0 Å². The van der Waals surface area contributed by atoms with Crippen molar-refractivity contribution in [2.24, 2.45) is 0 Å². The highest BCUT2D eigenvalue weighted by molar-refractivity contribution is 9.10. The van der Waals surface area contributed by atoms with E-state index < -0.39 is 11.9 Å². The molecule has 0 unspecified atom stereocenters. The molecule has 110 valence electrons. The topological polar surface area (TPSA) is 37.8 Å². The first-order chi connectivity index (χ1) is 9.95. The van der Waals surface area contributed by atoms with Crippen LogP contribution in [0.1, 0.15) is 17.0 Å². The van der Waals surface area contributed by atoms with Crippen molar-refractivity contribution in [2.75, 3.05) is 6.54 Å². The van der Waals surface area contributed by atoms with Gasteiger partial charge in [-0.3, -0.25) is 0 Å². The van der Waals surface area contributed by atoms with E-state index in [-0.39, 0.29) is 17.9 Å². The van der Waals surface area contributed by atoms with Crippen LogP contribution in [-0.2, 0) is 19.1 Å². The maximum absolute atomic E-state index is 13.2. The fourth-order valence-corrected chi connectivity index (χ4v) is 2.73. The van der Waals surface area contributed by atoms with Gasteiger partial charge in [0, 0.05) is 35.1 Å². The van der Waals surface area contributed by atoms with E-state index in [0.717, 1.165) is 4.47 Å². The molecule has 0 saturated heterocycles. The minimum absolute atomic E-state index is 0.115. The predicted molar refractivity (Wildman–Crippen MR) is 75.6 cm³/mol. The maximum Gasteiger partial charge on any atom is 0.433 e. The summed E-state index contributed by atoms with van der Waals surface area (Å²) in [5.74, 6) is 0.115. The van der Waals surface area contributed by atoms with Crippen molar-refractivity contribution in [3.05, 3.63) is 45.7 Å². The highest BCUT2D eigenvalue weighted by Crippen LogP contribution is 2.34. The number of benzene rings is 1. The van der Waals surface area contributed by atoms with Gasteiger partial charge in [0.15, 0.2) is 11.5 Å². The molecular formula is C14H11BrF3N3. The number of hydrogen-bond donors (Lipinski definition) is 1. The molecule has 7 heteroatoms. The lowest BCUT2D eigenvalue weighted by Crippen LogP contribution is -2.29. The van der Waals surface area contributed by atoms with Gasteiger partial charge in [-0.2, -0.15) is 13.2 Å². The number of hydrogen-bond acceptors (Lipinski definition) is 3. The van der Waals surface area contributed by atoms with E-state index in [2.05, 4.69) is 31.2 Å². The number of fused-ring (bicyclic) bond motifs is 1. The van der Waals surface area contributed by atoms with Crippen molar-refractivity contribution >= 4 is 15.9 Å². The molecule has 0 amide bonds. The zero-order chi connectivity index (χ0) is 15.0. The molecule has 1 aliphatic rings. The van der Waals surface area contributed by atoms with Crippen LogP contribution in [0.3, 0.4) is 0 Å². The molecule has 0 fully saturated rings. The van der Waals surface area contributed by atoms with Crippen LogP contribution in [0, 0.1) is 0 Å². The molecule has 0 bridgehead atoms. The Kier molecular flexibility index (Phi) is 3.71. The third kappa shape index (κ3) is 2.94. The first kappa shape index (κ1) is 14.5. The van der Waals surface area contributed by atoms with Gasteiger partial charge in [-0.15, -0.1) is 0 Å². The molecule has 21 heavy (non-hydrogen) atoms. The minimum atomic E-state index is -4.48. The normalized spacial score (nSPS) is 14.9. The van der Waals surface area contributed by atoms with Gasteiger partial charge in [-0.1, -0.05) is 28.1 Å². The fourth-order valence-electron chi connectivity index (χ4n) is 2.33. The Hall–Kier alpha value is -1.47. The van der Waals surface area contributed by atoms with Crippen LogP contribution >= 0.6 is 15.9 Å². The average Bonchev–Trinajstić information content (AvgIpc) is 2.45. The molecule has 2 heterocycles. The van der Waals surface area contributed by atoms with E-state index >= 15 is 0 Å². The van der Waals surface area contributed by atoms with Gasteiger partial charge in [0.1, 0.15) is 0 Å². The van der Waals surface area contributed by atoms with Crippen molar-refractivity contribution in [1.82, 2.24) is 15.3 Å². The molecule has 0 saturated carbocycles. The van der Waals surface area contributed by atoms with Gasteiger partial charge >= 0.3 is 6.18 Å². The lowest BCUT2D eigenvalue weighted by Gasteiger charge is -2.21. The Bertz CT molecular complexity index is 686. The summed E-state index contributed by atoms with van der Waals surface area (Å²) in [7, 11) is 0. The van der Waals surface area contributed by atoms with Gasteiger partial charge in [0.25, 0.3) is 0 Å². The third-order valence-corrected chi connectivity index (χ3v) is 3.78. The molecule has 1 aliphatic heterocycles. The molecule has 1 N–H and O–H groups in total. The maximum atomic E-state index is 13.2. The van der Waals surface area contributed by atoms with Crippen LogP contribution in [-0.4, -0.2) is 16.5 Å². The Morgan fingerprint density at radius 2 is 2.00 bits per heavy atom. The van der Waals surface area contributed by atoms with E-state index in [9.17, 15) is 13.2 Å². The van der Waals surface area contributed by atoms with E-state index in [0.29, 0.717) is 24.2 Å². The standard InChI is InChI=1S/C14H11BrF3N3/c15-9-3-1-2-8(6-9)13-20-11-4-5-19-7-10(11)12(21-13)14(16,17)18/h1-3,6,19H,4-5,7H2. The second kappa shape index (κ2) is 5.38. The van der Waals surface area contributed by atoms with Gasteiger partial charge in [0.05, 0.1) is 5.69 Å². The zero-order valence-corrected chi connectivity index (χ0v) is 12.4. The average molecular weight is 358 g/mol. The molecule has 3 rings (SSSR count). The SMILES string of the molecule is FC(F)(F)c1nc(-c2cccc(Br)c2)nc2c1CNCC2. The second-order valence-electron chi connectivity index (χ2n) is 4.76. The monoisotopic (exact) mass is 357 g/mol. The van der Waals surface area contributed by atoms with Crippen LogP contribution in [0.4, 0.5) is 13.2 Å². The smallest absolute Gasteiger partial charge is 0.312 e. The van der Waals surface area contributed by atoms with Crippen LogP contribution < -0.4 is 5.32 Å². The van der Waals surface area contributed by atoms with Crippen molar-refractivity contribution in [3.63, 3.8) is 0 Å². The van der Waals surface area contributed by atoms with Crippen molar-refractivity contribution < 1.29 is 13.2 Å². The van der Waals surface area contributed by atoms with Crippen LogP contribution in [0.5, 0.6) is 0 Å². The van der Waals surface area contributed by atoms with Crippen molar-refractivity contribution in [1.29, 1.82) is 0 Å². The molecular weight excluding hydrogens is 347 g/mol. The highest BCUT2D eigenvalue weighted by atomic mass is 79.9. The Morgan fingerprint density at radius 3 is 2.71 bits per heavy atom. The third-order valence-electron chi connectivity index (χ3n) is 3.28. The number of alkyl halides is 3. The largest absolute Gasteiger partial charge is 0.433 e. The van der Waals surface area contributed by atoms with E-state index in [1.807, 2.05) is 0 Å². The molecule has 1 aromatic carbocycles. The quantitative estimate of drug-likeness (QED) is 0.847. The Labute approximate surface area is 127 Å². The molecule has 2 aromatic rings. The number of halogens is 4. The Balaban J connectivity index is 2.19. The lowest BCUT2D eigenvalue weighted by atomic mass is 10.0. The number of nitrogens with one attached hydrogen (secondary N) is 1. The van der Waals surface area contributed by atoms with Crippen LogP contribution in [0.25, 0.3) is 11.4 Å². The predicted octanol–water partition coefficient (Wildman–Crippen LogP) is 3.57. The summed E-state index contributed by atoms with van der Waals surface area (Å²) in [6, 6.07) is 6.96. The Morgan fingerprint density at radius 1 is 1.19 bits per heavy atom. The summed E-state index contributed by atoms with van der Waals surface area (Å²) < 4.78 is 40.4. The van der Waals surface area contributed by atoms with Gasteiger partial charge in [-0.05, 0) is 12.1 Å². The zero-order valence-electron chi connectivity index (χ0n) is 10.8. The highest BCUT2D eigenvalue weighted by Gasteiger charge is 2.38. The van der Waals surface area contributed by atoms with E-state index in [1.54, 1.807) is 24.3 Å². The summed E-state index contributed by atoms with van der Waals surface area (Å²) in [5.41, 5.74) is 0.365. The van der Waals surface area contributed by atoms with Crippen LogP contribution in [0.2, 0.25) is 0 Å². The van der Waals surface area contributed by atoms with Gasteiger partial charge in [-0.25, -0.2) is 9.97 Å². The van der Waals surface area contributed by atoms with Gasteiger partial charge in [0.2, 0.25) is 0 Å². The van der Waals surface area contributed by atoms with Crippen molar-refractivity contribution in [3.8, 4) is 11.4 Å². The molecule has 3 nitrogen and oxygen atoms in total. The molecule has 1 aromatic heterocycles.